The Hall–Kier alpha value is -1.29. The number of nitrogens with one attached hydrogen (secondary N) is 1. The molecule has 1 aromatic rings. The van der Waals surface area contributed by atoms with E-state index in [-0.39, 0.29) is 5.91 Å². The van der Waals surface area contributed by atoms with Crippen LogP contribution in [0.3, 0.4) is 0 Å². The second kappa shape index (κ2) is 6.24. The van der Waals surface area contributed by atoms with Crippen LogP contribution in [0.4, 0.5) is 0 Å². The predicted molar refractivity (Wildman–Crippen MR) is 60.2 cm³/mol. The summed E-state index contributed by atoms with van der Waals surface area (Å²) in [6.45, 7) is 4.80. The molecular formula is C11H19N3O. The summed E-state index contributed by atoms with van der Waals surface area (Å²) < 4.78 is 2.14. The third-order valence-corrected chi connectivity index (χ3v) is 2.28. The van der Waals surface area contributed by atoms with Gasteiger partial charge in [-0.3, -0.25) is 4.79 Å². The van der Waals surface area contributed by atoms with Crippen molar-refractivity contribution in [3.63, 3.8) is 0 Å². The third kappa shape index (κ3) is 4.65. The topological polar surface area (TPSA) is 60.1 Å². The van der Waals surface area contributed by atoms with Crippen molar-refractivity contribution in [1.82, 2.24) is 9.88 Å². The van der Waals surface area contributed by atoms with Crippen LogP contribution in [-0.4, -0.2) is 17.0 Å². The minimum absolute atomic E-state index is 0.228. The number of aryl methyl sites for hydroxylation is 1. The van der Waals surface area contributed by atoms with Gasteiger partial charge >= 0.3 is 0 Å². The highest BCUT2D eigenvalue weighted by atomic mass is 16.1. The van der Waals surface area contributed by atoms with E-state index >= 15 is 0 Å². The fraction of sp³-hybridized carbons (Fsp3) is 0.545. The lowest BCUT2D eigenvalue weighted by Gasteiger charge is -2.01. The standard InChI is InChI=1S/C11H19N3O/c1-2-14-7-5-10(9-14)8-13-6-3-4-11(12)15/h5,7,9,13H,2-4,6,8H2,1H3,(H2,12,15). The molecule has 0 spiro atoms. The smallest absolute Gasteiger partial charge is 0.217 e. The number of nitrogens with zero attached hydrogens (tertiary/aromatic N) is 1. The van der Waals surface area contributed by atoms with Gasteiger partial charge in [0.15, 0.2) is 0 Å². The Balaban J connectivity index is 2.12. The lowest BCUT2D eigenvalue weighted by Crippen LogP contribution is -2.17. The molecular weight excluding hydrogens is 190 g/mol. The first-order valence-electron chi connectivity index (χ1n) is 5.36. The lowest BCUT2D eigenvalue weighted by atomic mass is 10.3. The summed E-state index contributed by atoms with van der Waals surface area (Å²) in [5, 5.41) is 3.27. The molecule has 0 radical (unpaired) electrons. The summed E-state index contributed by atoms with van der Waals surface area (Å²) in [6.07, 6.45) is 5.47. The van der Waals surface area contributed by atoms with Crippen molar-refractivity contribution in [1.29, 1.82) is 0 Å². The van der Waals surface area contributed by atoms with Gasteiger partial charge in [-0.2, -0.15) is 0 Å². The quantitative estimate of drug-likeness (QED) is 0.654. The number of carbonyl (C=O) groups excluding carboxylic acids is 1. The van der Waals surface area contributed by atoms with Crippen LogP contribution in [0.5, 0.6) is 0 Å². The molecule has 1 aromatic heterocycles. The van der Waals surface area contributed by atoms with E-state index in [4.69, 9.17) is 5.73 Å². The highest BCUT2D eigenvalue weighted by Crippen LogP contribution is 2.00. The van der Waals surface area contributed by atoms with Crippen LogP contribution in [0.25, 0.3) is 0 Å². The maximum Gasteiger partial charge on any atom is 0.217 e. The number of hydrogen-bond donors (Lipinski definition) is 2. The average Bonchev–Trinajstić information content (AvgIpc) is 2.65. The maximum absolute atomic E-state index is 10.5. The molecule has 0 fully saturated rings. The summed E-state index contributed by atoms with van der Waals surface area (Å²) in [6, 6.07) is 2.10. The number of primary amides is 1. The van der Waals surface area contributed by atoms with E-state index in [2.05, 4.69) is 35.3 Å². The number of rotatable bonds is 7. The van der Waals surface area contributed by atoms with E-state index in [1.807, 2.05) is 0 Å². The van der Waals surface area contributed by atoms with E-state index < -0.39 is 0 Å². The van der Waals surface area contributed by atoms with Gasteiger partial charge in [0, 0.05) is 31.9 Å². The Bertz CT molecular complexity index is 307. The molecule has 0 saturated carbocycles. The molecule has 0 aliphatic carbocycles. The fourth-order valence-corrected chi connectivity index (χ4v) is 1.41. The minimum Gasteiger partial charge on any atom is -0.370 e. The maximum atomic E-state index is 10.5. The zero-order chi connectivity index (χ0) is 11.1. The van der Waals surface area contributed by atoms with Gasteiger partial charge in [0.25, 0.3) is 0 Å². The molecule has 1 rings (SSSR count). The Labute approximate surface area is 90.5 Å². The van der Waals surface area contributed by atoms with E-state index in [0.717, 1.165) is 26.1 Å². The van der Waals surface area contributed by atoms with Crippen LogP contribution in [0.15, 0.2) is 18.5 Å². The van der Waals surface area contributed by atoms with E-state index in [1.54, 1.807) is 0 Å². The second-order valence-corrected chi connectivity index (χ2v) is 3.60. The van der Waals surface area contributed by atoms with Crippen molar-refractivity contribution in [2.45, 2.75) is 32.9 Å². The molecule has 3 N–H and O–H groups in total. The number of carbonyl (C=O) groups is 1. The van der Waals surface area contributed by atoms with Crippen molar-refractivity contribution >= 4 is 5.91 Å². The predicted octanol–water partition coefficient (Wildman–Crippen LogP) is 0.863. The largest absolute Gasteiger partial charge is 0.370 e. The van der Waals surface area contributed by atoms with Gasteiger partial charge in [-0.05, 0) is 31.5 Å². The van der Waals surface area contributed by atoms with Gasteiger partial charge in [0.1, 0.15) is 0 Å². The van der Waals surface area contributed by atoms with Crippen molar-refractivity contribution in [3.05, 3.63) is 24.0 Å². The van der Waals surface area contributed by atoms with Crippen molar-refractivity contribution in [3.8, 4) is 0 Å². The molecule has 0 bridgehead atoms. The van der Waals surface area contributed by atoms with Gasteiger partial charge in [-0.15, -0.1) is 0 Å². The Morgan fingerprint density at radius 3 is 3.00 bits per heavy atom. The van der Waals surface area contributed by atoms with E-state index in [9.17, 15) is 4.79 Å². The first kappa shape index (κ1) is 11.8. The van der Waals surface area contributed by atoms with Crippen LogP contribution >= 0.6 is 0 Å². The number of nitrogens with two attached hydrogens (primary N) is 1. The monoisotopic (exact) mass is 209 g/mol. The highest BCUT2D eigenvalue weighted by Gasteiger charge is 1.96. The zero-order valence-corrected chi connectivity index (χ0v) is 9.20. The molecule has 4 nitrogen and oxygen atoms in total. The summed E-state index contributed by atoms with van der Waals surface area (Å²) in [7, 11) is 0. The Morgan fingerprint density at radius 1 is 1.60 bits per heavy atom. The first-order chi connectivity index (χ1) is 7.22. The molecule has 4 heteroatoms. The summed E-state index contributed by atoms with van der Waals surface area (Å²) in [5.74, 6) is -0.228. The van der Waals surface area contributed by atoms with Gasteiger partial charge in [-0.25, -0.2) is 0 Å². The highest BCUT2D eigenvalue weighted by molar-refractivity contribution is 5.73. The molecule has 0 aliphatic heterocycles. The molecule has 84 valence electrons. The molecule has 0 unspecified atom stereocenters. The molecule has 0 aliphatic rings. The average molecular weight is 209 g/mol. The molecule has 0 saturated heterocycles. The lowest BCUT2D eigenvalue weighted by molar-refractivity contribution is -0.118. The second-order valence-electron chi connectivity index (χ2n) is 3.60. The molecule has 0 atom stereocenters. The van der Waals surface area contributed by atoms with Crippen molar-refractivity contribution in [2.24, 2.45) is 5.73 Å². The SMILES string of the molecule is CCn1ccc(CNCCCC(N)=O)c1. The van der Waals surface area contributed by atoms with Crippen LogP contribution in [-0.2, 0) is 17.9 Å². The number of hydrogen-bond acceptors (Lipinski definition) is 2. The molecule has 0 aromatic carbocycles. The van der Waals surface area contributed by atoms with Crippen LogP contribution in [0, 0.1) is 0 Å². The van der Waals surface area contributed by atoms with Crippen molar-refractivity contribution in [2.75, 3.05) is 6.54 Å². The number of aromatic nitrogens is 1. The van der Waals surface area contributed by atoms with Gasteiger partial charge < -0.3 is 15.6 Å². The summed E-state index contributed by atoms with van der Waals surface area (Å²) >= 11 is 0. The molecule has 1 amide bonds. The van der Waals surface area contributed by atoms with E-state index in [0.29, 0.717) is 6.42 Å². The molecule has 1 heterocycles. The van der Waals surface area contributed by atoms with E-state index in [1.165, 1.54) is 5.56 Å². The summed E-state index contributed by atoms with van der Waals surface area (Å²) in [4.78, 5) is 10.5. The van der Waals surface area contributed by atoms with Crippen LogP contribution < -0.4 is 11.1 Å². The van der Waals surface area contributed by atoms with Crippen LogP contribution in [0.1, 0.15) is 25.3 Å². The first-order valence-corrected chi connectivity index (χ1v) is 5.36. The zero-order valence-electron chi connectivity index (χ0n) is 9.20. The Kier molecular flexibility index (Phi) is 4.90. The number of amides is 1. The molecule has 15 heavy (non-hydrogen) atoms. The minimum atomic E-state index is -0.228. The van der Waals surface area contributed by atoms with Crippen molar-refractivity contribution < 1.29 is 4.79 Å². The normalized spacial score (nSPS) is 10.5. The van der Waals surface area contributed by atoms with Gasteiger partial charge in [-0.1, -0.05) is 0 Å². The Morgan fingerprint density at radius 2 is 2.40 bits per heavy atom. The van der Waals surface area contributed by atoms with Gasteiger partial charge in [0.2, 0.25) is 5.91 Å². The fourth-order valence-electron chi connectivity index (χ4n) is 1.41. The van der Waals surface area contributed by atoms with Crippen LogP contribution in [0.2, 0.25) is 0 Å². The third-order valence-electron chi connectivity index (χ3n) is 2.28. The van der Waals surface area contributed by atoms with Gasteiger partial charge in [0.05, 0.1) is 0 Å². The summed E-state index contributed by atoms with van der Waals surface area (Å²) in [5.41, 5.74) is 6.31.